The molecule has 7 nitrogen and oxygen atoms in total. The fourth-order valence-electron chi connectivity index (χ4n) is 5.44. The second-order valence-electron chi connectivity index (χ2n) is 10.2. The lowest BCUT2D eigenvalue weighted by Gasteiger charge is -2.31. The molecule has 1 aromatic carbocycles. The SMILES string of the molecule is CC1(C)CC(=O)n2c(c(-c3ccc(C(N)=O)c(N[C@H]4CC[C@H](O)CC4)c3)c3ccncc32)C1. The highest BCUT2D eigenvalue weighted by molar-refractivity contribution is 6.06. The quantitative estimate of drug-likeness (QED) is 0.558. The van der Waals surface area contributed by atoms with Gasteiger partial charge in [-0.3, -0.25) is 19.1 Å². The van der Waals surface area contributed by atoms with Gasteiger partial charge in [-0.1, -0.05) is 19.9 Å². The Morgan fingerprint density at radius 2 is 1.94 bits per heavy atom. The number of nitrogens with zero attached hydrogens (tertiary/aromatic N) is 2. The van der Waals surface area contributed by atoms with Crippen molar-refractivity contribution < 1.29 is 14.7 Å². The molecule has 4 N–H and O–H groups in total. The number of pyridine rings is 1. The van der Waals surface area contributed by atoms with Crippen LogP contribution in [0, 0.1) is 5.41 Å². The minimum atomic E-state index is -0.482. The molecule has 3 aromatic rings. The van der Waals surface area contributed by atoms with Gasteiger partial charge in [0.25, 0.3) is 5.91 Å². The van der Waals surface area contributed by atoms with Crippen molar-refractivity contribution in [3.8, 4) is 11.1 Å². The van der Waals surface area contributed by atoms with Crippen LogP contribution in [0.4, 0.5) is 5.69 Å². The van der Waals surface area contributed by atoms with Gasteiger partial charge in [-0.05, 0) is 61.3 Å². The second-order valence-corrected chi connectivity index (χ2v) is 10.2. The summed E-state index contributed by atoms with van der Waals surface area (Å²) in [4.78, 5) is 29.5. The van der Waals surface area contributed by atoms with Gasteiger partial charge in [0.2, 0.25) is 5.91 Å². The largest absolute Gasteiger partial charge is 0.393 e. The van der Waals surface area contributed by atoms with Gasteiger partial charge in [0.05, 0.1) is 23.4 Å². The van der Waals surface area contributed by atoms with Crippen molar-refractivity contribution in [3.63, 3.8) is 0 Å². The van der Waals surface area contributed by atoms with E-state index in [1.54, 1.807) is 18.5 Å². The predicted octanol–water partition coefficient (Wildman–Crippen LogP) is 4.13. The molecule has 0 atom stereocenters. The number of nitrogens with two attached hydrogens (primary N) is 1. The predicted molar refractivity (Wildman–Crippen MR) is 128 cm³/mol. The maximum absolute atomic E-state index is 13.1. The third-order valence-corrected chi connectivity index (χ3v) is 7.02. The number of fused-ring (bicyclic) bond motifs is 3. The number of nitrogens with one attached hydrogen (secondary N) is 1. The lowest BCUT2D eigenvalue weighted by atomic mass is 9.80. The standard InChI is InChI=1S/C26H30N4O3/c1-26(2)12-21-24(19-9-10-28-14-22(19)30(21)23(32)13-26)15-3-8-18(25(27)33)20(11-15)29-16-4-6-17(31)7-5-16/h3,8-11,14,16-17,29,31H,4-7,12-13H2,1-2H3,(H2,27,33)/t16-,17-. The number of primary amides is 1. The third-order valence-electron chi connectivity index (χ3n) is 7.02. The number of amides is 1. The monoisotopic (exact) mass is 446 g/mol. The summed E-state index contributed by atoms with van der Waals surface area (Å²) >= 11 is 0. The summed E-state index contributed by atoms with van der Waals surface area (Å²) in [6, 6.07) is 7.79. The second kappa shape index (κ2) is 7.99. The molecule has 3 heterocycles. The Bertz CT molecular complexity index is 1250. The van der Waals surface area contributed by atoms with Crippen molar-refractivity contribution in [1.82, 2.24) is 9.55 Å². The zero-order valence-corrected chi connectivity index (χ0v) is 19.1. The average Bonchev–Trinajstić information content (AvgIpc) is 3.08. The summed E-state index contributed by atoms with van der Waals surface area (Å²) in [6.07, 6.45) is 7.66. The summed E-state index contributed by atoms with van der Waals surface area (Å²) in [5, 5.41) is 14.3. The molecule has 1 amide bonds. The number of rotatable bonds is 4. The number of carbonyl (C=O) groups excluding carboxylic acids is 2. The number of carbonyl (C=O) groups is 2. The molecule has 7 heteroatoms. The number of hydrogen-bond acceptors (Lipinski definition) is 5. The Kier molecular flexibility index (Phi) is 5.24. The first kappa shape index (κ1) is 21.6. The van der Waals surface area contributed by atoms with Crippen LogP contribution in [0.15, 0.2) is 36.7 Å². The summed E-state index contributed by atoms with van der Waals surface area (Å²) in [7, 11) is 0. The first-order valence-electron chi connectivity index (χ1n) is 11.6. The van der Waals surface area contributed by atoms with Crippen molar-refractivity contribution in [2.45, 2.75) is 64.5 Å². The molecular formula is C26H30N4O3. The average molecular weight is 447 g/mol. The number of aliphatic hydroxyl groups excluding tert-OH is 1. The van der Waals surface area contributed by atoms with Gasteiger partial charge >= 0.3 is 0 Å². The van der Waals surface area contributed by atoms with Gasteiger partial charge in [0.15, 0.2) is 0 Å². The highest BCUT2D eigenvalue weighted by Gasteiger charge is 2.35. The molecule has 1 saturated carbocycles. The Morgan fingerprint density at radius 1 is 1.18 bits per heavy atom. The van der Waals surface area contributed by atoms with E-state index in [1.807, 2.05) is 22.8 Å². The topological polar surface area (TPSA) is 110 Å². The molecule has 2 aliphatic rings. The Labute approximate surface area is 193 Å². The lowest BCUT2D eigenvalue weighted by molar-refractivity contribution is 0.0816. The fourth-order valence-corrected chi connectivity index (χ4v) is 5.44. The molecule has 2 aromatic heterocycles. The normalized spacial score (nSPS) is 22.2. The molecule has 1 fully saturated rings. The van der Waals surface area contributed by atoms with Gasteiger partial charge < -0.3 is 16.2 Å². The summed E-state index contributed by atoms with van der Waals surface area (Å²) < 4.78 is 1.82. The van der Waals surface area contributed by atoms with Crippen molar-refractivity contribution >= 4 is 28.4 Å². The molecule has 1 aliphatic carbocycles. The molecule has 0 spiro atoms. The number of aliphatic hydroxyl groups is 1. The maximum Gasteiger partial charge on any atom is 0.250 e. The van der Waals surface area contributed by atoms with Gasteiger partial charge in [-0.15, -0.1) is 0 Å². The van der Waals surface area contributed by atoms with Crippen LogP contribution < -0.4 is 11.1 Å². The van der Waals surface area contributed by atoms with Gasteiger partial charge in [-0.25, -0.2) is 0 Å². The van der Waals surface area contributed by atoms with E-state index < -0.39 is 5.91 Å². The van der Waals surface area contributed by atoms with E-state index in [-0.39, 0.29) is 23.5 Å². The number of aromatic nitrogens is 2. The van der Waals surface area contributed by atoms with Crippen LogP contribution in [0.25, 0.3) is 22.0 Å². The van der Waals surface area contributed by atoms with Crippen LogP contribution in [0.2, 0.25) is 0 Å². The number of anilines is 1. The van der Waals surface area contributed by atoms with E-state index in [9.17, 15) is 14.7 Å². The molecule has 0 unspecified atom stereocenters. The van der Waals surface area contributed by atoms with Crippen molar-refractivity contribution in [2.75, 3.05) is 5.32 Å². The van der Waals surface area contributed by atoms with E-state index in [1.165, 1.54) is 0 Å². The number of hydrogen-bond donors (Lipinski definition) is 3. The Hall–Kier alpha value is -3.19. The minimum Gasteiger partial charge on any atom is -0.393 e. The van der Waals surface area contributed by atoms with Crippen LogP contribution >= 0.6 is 0 Å². The molecule has 1 aliphatic heterocycles. The van der Waals surface area contributed by atoms with Crippen molar-refractivity contribution in [1.29, 1.82) is 0 Å². The van der Waals surface area contributed by atoms with E-state index in [2.05, 4.69) is 24.1 Å². The first-order chi connectivity index (χ1) is 15.7. The number of benzene rings is 1. The van der Waals surface area contributed by atoms with Crippen LogP contribution in [0.5, 0.6) is 0 Å². The molecule has 5 rings (SSSR count). The zero-order valence-electron chi connectivity index (χ0n) is 19.1. The van der Waals surface area contributed by atoms with Crippen LogP contribution in [0.1, 0.15) is 66.8 Å². The van der Waals surface area contributed by atoms with Gasteiger partial charge in [0, 0.05) is 41.0 Å². The molecule has 33 heavy (non-hydrogen) atoms. The molecular weight excluding hydrogens is 416 g/mol. The minimum absolute atomic E-state index is 0.0818. The van der Waals surface area contributed by atoms with E-state index in [0.717, 1.165) is 59.8 Å². The third kappa shape index (κ3) is 3.91. The zero-order chi connectivity index (χ0) is 23.3. The summed E-state index contributed by atoms with van der Waals surface area (Å²) in [5.41, 5.74) is 10.4. The van der Waals surface area contributed by atoms with E-state index >= 15 is 0 Å². The molecule has 0 bridgehead atoms. The molecule has 0 saturated heterocycles. The summed E-state index contributed by atoms with van der Waals surface area (Å²) in [6.45, 7) is 4.24. The van der Waals surface area contributed by atoms with E-state index in [0.29, 0.717) is 17.7 Å². The Morgan fingerprint density at radius 3 is 2.67 bits per heavy atom. The Balaban J connectivity index is 1.65. The first-order valence-corrected chi connectivity index (χ1v) is 11.6. The lowest BCUT2D eigenvalue weighted by Crippen LogP contribution is -2.31. The molecule has 172 valence electrons. The van der Waals surface area contributed by atoms with Crippen molar-refractivity contribution in [2.24, 2.45) is 11.1 Å². The van der Waals surface area contributed by atoms with E-state index in [4.69, 9.17) is 5.73 Å². The summed E-state index contributed by atoms with van der Waals surface area (Å²) in [5.74, 6) is -0.400. The van der Waals surface area contributed by atoms with Crippen LogP contribution in [0.3, 0.4) is 0 Å². The van der Waals surface area contributed by atoms with Crippen molar-refractivity contribution in [3.05, 3.63) is 47.9 Å². The van der Waals surface area contributed by atoms with Crippen LogP contribution in [-0.2, 0) is 6.42 Å². The molecule has 0 radical (unpaired) electrons. The van der Waals surface area contributed by atoms with Gasteiger partial charge in [0.1, 0.15) is 0 Å². The fraction of sp³-hybridized carbons (Fsp3) is 0.423. The van der Waals surface area contributed by atoms with Crippen LogP contribution in [-0.4, -0.2) is 38.6 Å². The highest BCUT2D eigenvalue weighted by atomic mass is 16.3. The highest BCUT2D eigenvalue weighted by Crippen LogP contribution is 2.43. The van der Waals surface area contributed by atoms with Gasteiger partial charge in [-0.2, -0.15) is 0 Å². The smallest absolute Gasteiger partial charge is 0.250 e. The maximum atomic E-state index is 13.1.